The maximum Gasteiger partial charge on any atom is 0.307 e. The van der Waals surface area contributed by atoms with Gasteiger partial charge in [0.05, 0.1) is 37.5 Å². The van der Waals surface area contributed by atoms with Crippen molar-refractivity contribution >= 4 is 45.6 Å². The van der Waals surface area contributed by atoms with Crippen LogP contribution in [0.2, 0.25) is 0 Å². The Hall–Kier alpha value is -4.71. The molecule has 37 heavy (non-hydrogen) atoms. The van der Waals surface area contributed by atoms with Gasteiger partial charge in [-0.3, -0.25) is 19.7 Å². The first-order chi connectivity index (χ1) is 17.9. The SMILES string of the molecule is COc1cc([N+](=O)[O-])cc2cc(C(=O)N/N=C\c3cn(CC(=O)N4CCOCC4)c4ccccc34)oc12. The van der Waals surface area contributed by atoms with Crippen molar-refractivity contribution in [1.82, 2.24) is 14.9 Å². The zero-order valence-corrected chi connectivity index (χ0v) is 19.9. The van der Waals surface area contributed by atoms with Crippen LogP contribution in [0.4, 0.5) is 5.69 Å². The number of non-ortho nitro benzene ring substituents is 1. The first-order valence-electron chi connectivity index (χ1n) is 11.5. The van der Waals surface area contributed by atoms with Crippen LogP contribution in [0, 0.1) is 10.1 Å². The molecule has 1 saturated heterocycles. The number of carbonyl (C=O) groups excluding carboxylic acids is 2. The summed E-state index contributed by atoms with van der Waals surface area (Å²) in [5, 5.41) is 16.4. The molecule has 3 heterocycles. The van der Waals surface area contributed by atoms with E-state index < -0.39 is 10.8 Å². The van der Waals surface area contributed by atoms with Gasteiger partial charge in [0.2, 0.25) is 5.91 Å². The molecule has 190 valence electrons. The maximum atomic E-state index is 12.8. The number of nitrogens with zero attached hydrogens (tertiary/aromatic N) is 4. The van der Waals surface area contributed by atoms with E-state index in [4.69, 9.17) is 13.9 Å². The summed E-state index contributed by atoms with van der Waals surface area (Å²) in [5.41, 5.74) is 4.03. The molecule has 0 bridgehead atoms. The third kappa shape index (κ3) is 4.86. The number of morpholine rings is 1. The Balaban J connectivity index is 1.34. The third-order valence-corrected chi connectivity index (χ3v) is 6.08. The minimum atomic E-state index is -0.636. The highest BCUT2D eigenvalue weighted by Crippen LogP contribution is 2.33. The number of rotatable bonds is 7. The fourth-order valence-corrected chi connectivity index (χ4v) is 4.26. The Kier molecular flexibility index (Phi) is 6.56. The van der Waals surface area contributed by atoms with Crippen molar-refractivity contribution in [1.29, 1.82) is 0 Å². The Bertz CT molecular complexity index is 1530. The average molecular weight is 505 g/mol. The van der Waals surface area contributed by atoms with Gasteiger partial charge in [-0.05, 0) is 12.1 Å². The predicted molar refractivity (Wildman–Crippen MR) is 134 cm³/mol. The molecule has 5 rings (SSSR count). The molecule has 12 heteroatoms. The number of carbonyl (C=O) groups is 2. The number of nitrogens with one attached hydrogen (secondary N) is 1. The van der Waals surface area contributed by atoms with Crippen LogP contribution < -0.4 is 10.2 Å². The van der Waals surface area contributed by atoms with E-state index in [1.54, 1.807) is 4.90 Å². The smallest absolute Gasteiger partial charge is 0.307 e. The number of furan rings is 1. The van der Waals surface area contributed by atoms with Gasteiger partial charge in [0.25, 0.3) is 5.69 Å². The van der Waals surface area contributed by atoms with Gasteiger partial charge in [-0.25, -0.2) is 5.43 Å². The van der Waals surface area contributed by atoms with Crippen molar-refractivity contribution in [2.75, 3.05) is 33.4 Å². The van der Waals surface area contributed by atoms with Gasteiger partial charge in [0.15, 0.2) is 17.1 Å². The number of nitro groups is 1. The minimum Gasteiger partial charge on any atom is -0.493 e. The van der Waals surface area contributed by atoms with Crippen molar-refractivity contribution in [3.05, 3.63) is 70.1 Å². The fourth-order valence-electron chi connectivity index (χ4n) is 4.26. The number of benzene rings is 2. The highest BCUT2D eigenvalue weighted by Gasteiger charge is 2.20. The lowest BCUT2D eigenvalue weighted by atomic mass is 10.2. The summed E-state index contributed by atoms with van der Waals surface area (Å²) in [7, 11) is 1.36. The number of hydrogen-bond acceptors (Lipinski definition) is 8. The van der Waals surface area contributed by atoms with E-state index in [9.17, 15) is 19.7 Å². The summed E-state index contributed by atoms with van der Waals surface area (Å²) < 4.78 is 17.9. The molecule has 2 amide bonds. The van der Waals surface area contributed by atoms with Crippen molar-refractivity contribution in [3.8, 4) is 5.75 Å². The lowest BCUT2D eigenvalue weighted by Crippen LogP contribution is -2.42. The number of nitro benzene ring substituents is 1. The van der Waals surface area contributed by atoms with Gasteiger partial charge in [0.1, 0.15) is 6.54 Å². The fraction of sp³-hybridized carbons (Fsp3) is 0.240. The Labute approximate surface area is 210 Å². The van der Waals surface area contributed by atoms with Crippen LogP contribution in [0.3, 0.4) is 0 Å². The molecule has 2 aromatic carbocycles. The number of hydrogen-bond donors (Lipinski definition) is 1. The summed E-state index contributed by atoms with van der Waals surface area (Å²) >= 11 is 0. The van der Waals surface area contributed by atoms with Gasteiger partial charge in [-0.1, -0.05) is 18.2 Å². The number of fused-ring (bicyclic) bond motifs is 2. The molecular weight excluding hydrogens is 482 g/mol. The molecule has 1 fully saturated rings. The van der Waals surface area contributed by atoms with Crippen LogP contribution in [0.25, 0.3) is 21.9 Å². The number of amides is 2. The molecule has 1 aliphatic rings. The lowest BCUT2D eigenvalue weighted by Gasteiger charge is -2.27. The number of para-hydroxylation sites is 1. The van der Waals surface area contributed by atoms with Crippen LogP contribution >= 0.6 is 0 Å². The number of hydrazone groups is 1. The maximum absolute atomic E-state index is 12.8. The molecule has 0 aliphatic carbocycles. The average Bonchev–Trinajstić information content (AvgIpc) is 3.50. The van der Waals surface area contributed by atoms with E-state index in [0.29, 0.717) is 37.3 Å². The molecule has 0 spiro atoms. The highest BCUT2D eigenvalue weighted by molar-refractivity contribution is 6.01. The van der Waals surface area contributed by atoms with E-state index in [-0.39, 0.29) is 35.2 Å². The number of methoxy groups -OCH3 is 1. The first kappa shape index (κ1) is 24.0. The van der Waals surface area contributed by atoms with Crippen LogP contribution in [0.15, 0.2) is 58.2 Å². The van der Waals surface area contributed by atoms with Crippen molar-refractivity contribution < 1.29 is 28.4 Å². The molecule has 0 atom stereocenters. The van der Waals surface area contributed by atoms with Gasteiger partial charge in [-0.2, -0.15) is 5.10 Å². The normalized spacial score (nSPS) is 13.9. The van der Waals surface area contributed by atoms with Crippen LogP contribution in [-0.2, 0) is 16.1 Å². The largest absolute Gasteiger partial charge is 0.493 e. The first-order valence-corrected chi connectivity index (χ1v) is 11.5. The molecule has 0 radical (unpaired) electrons. The van der Waals surface area contributed by atoms with Crippen LogP contribution in [0.1, 0.15) is 16.1 Å². The van der Waals surface area contributed by atoms with Crippen molar-refractivity contribution in [2.24, 2.45) is 5.10 Å². The standard InChI is InChI=1S/C25H23N5O7/c1-35-21-12-18(30(33)34)10-16-11-22(37-24(16)21)25(32)27-26-13-17-14-29(20-5-3-2-4-19(17)20)15-23(31)28-6-8-36-9-7-28/h2-5,10-14H,6-9,15H2,1H3,(H,27,32)/b26-13-. The Morgan fingerprint density at radius 1 is 1.22 bits per heavy atom. The van der Waals surface area contributed by atoms with Crippen LogP contribution in [0.5, 0.6) is 5.75 Å². The van der Waals surface area contributed by atoms with Crippen LogP contribution in [-0.4, -0.2) is 65.8 Å². The molecule has 4 aromatic rings. The second kappa shape index (κ2) is 10.1. The molecule has 0 unspecified atom stereocenters. The molecular formula is C25H23N5O7. The van der Waals surface area contributed by atoms with E-state index in [1.165, 1.54) is 31.5 Å². The lowest BCUT2D eigenvalue weighted by molar-refractivity contribution is -0.384. The predicted octanol–water partition coefficient (Wildman–Crippen LogP) is 2.93. The molecule has 1 aliphatic heterocycles. The molecule has 0 saturated carbocycles. The van der Waals surface area contributed by atoms with E-state index in [2.05, 4.69) is 10.5 Å². The number of aromatic nitrogens is 1. The van der Waals surface area contributed by atoms with Gasteiger partial charge < -0.3 is 23.4 Å². The third-order valence-electron chi connectivity index (χ3n) is 6.08. The summed E-state index contributed by atoms with van der Waals surface area (Å²) in [6.45, 7) is 2.38. The van der Waals surface area contributed by atoms with E-state index >= 15 is 0 Å². The minimum absolute atomic E-state index is 0.00129. The van der Waals surface area contributed by atoms with E-state index in [0.717, 1.165) is 10.9 Å². The quantitative estimate of drug-likeness (QED) is 0.231. The van der Waals surface area contributed by atoms with Gasteiger partial charge in [0, 0.05) is 47.2 Å². The molecule has 12 nitrogen and oxygen atoms in total. The topological polar surface area (TPSA) is 141 Å². The zero-order valence-electron chi connectivity index (χ0n) is 19.9. The zero-order chi connectivity index (χ0) is 25.9. The number of ether oxygens (including phenoxy) is 2. The second-order valence-electron chi connectivity index (χ2n) is 8.36. The van der Waals surface area contributed by atoms with Gasteiger partial charge >= 0.3 is 5.91 Å². The summed E-state index contributed by atoms with van der Waals surface area (Å²) in [4.78, 5) is 37.8. The Morgan fingerprint density at radius 3 is 2.76 bits per heavy atom. The van der Waals surface area contributed by atoms with Crippen molar-refractivity contribution in [3.63, 3.8) is 0 Å². The summed E-state index contributed by atoms with van der Waals surface area (Å²) in [6, 6.07) is 11.5. The van der Waals surface area contributed by atoms with Gasteiger partial charge in [-0.15, -0.1) is 0 Å². The summed E-state index contributed by atoms with van der Waals surface area (Å²) in [5.74, 6) is -0.569. The highest BCUT2D eigenvalue weighted by atomic mass is 16.6. The van der Waals surface area contributed by atoms with Crippen molar-refractivity contribution in [2.45, 2.75) is 6.54 Å². The monoisotopic (exact) mass is 505 g/mol. The van der Waals surface area contributed by atoms with E-state index in [1.807, 2.05) is 35.0 Å². The molecule has 1 N–H and O–H groups in total. The molecule has 2 aromatic heterocycles. The Morgan fingerprint density at radius 2 is 2.00 bits per heavy atom. The second-order valence-corrected chi connectivity index (χ2v) is 8.36. The summed E-state index contributed by atoms with van der Waals surface area (Å²) in [6.07, 6.45) is 3.30.